The first-order valence-electron chi connectivity index (χ1n) is 5.73. The average molecular weight is 366 g/mol. The van der Waals surface area contributed by atoms with Crippen LogP contribution in [0.3, 0.4) is 0 Å². The largest absolute Gasteiger partial charge is 0.381 e. The third-order valence-electron chi connectivity index (χ3n) is 3.41. The number of rotatable bonds is 3. The quantitative estimate of drug-likeness (QED) is 0.724. The standard InChI is InChI=1S/C13H15Br2FO/c14-9-13(3-5-17-6-4-13)8-10-7-11(16)1-2-12(10)15/h1-2,7H,3-6,8-9H2. The van der Waals surface area contributed by atoms with E-state index in [1.54, 1.807) is 12.1 Å². The van der Waals surface area contributed by atoms with Crippen molar-refractivity contribution in [1.29, 1.82) is 0 Å². The SMILES string of the molecule is Fc1ccc(Br)c(CC2(CBr)CCOCC2)c1. The molecule has 1 aromatic rings. The second-order valence-corrected chi connectivity index (χ2v) is 6.07. The zero-order valence-electron chi connectivity index (χ0n) is 9.52. The summed E-state index contributed by atoms with van der Waals surface area (Å²) in [6, 6.07) is 4.90. The first-order chi connectivity index (χ1) is 8.15. The van der Waals surface area contributed by atoms with Crippen molar-refractivity contribution in [2.45, 2.75) is 19.3 Å². The minimum Gasteiger partial charge on any atom is -0.381 e. The molecule has 2 rings (SSSR count). The van der Waals surface area contributed by atoms with Gasteiger partial charge in [0.05, 0.1) is 0 Å². The first kappa shape index (κ1) is 13.5. The Balaban J connectivity index is 2.20. The lowest BCUT2D eigenvalue weighted by atomic mass is 9.77. The van der Waals surface area contributed by atoms with Gasteiger partial charge in [-0.15, -0.1) is 0 Å². The minimum absolute atomic E-state index is 0.167. The Morgan fingerprint density at radius 1 is 1.29 bits per heavy atom. The van der Waals surface area contributed by atoms with Crippen molar-refractivity contribution < 1.29 is 9.13 Å². The smallest absolute Gasteiger partial charge is 0.123 e. The molecule has 0 saturated carbocycles. The molecule has 0 atom stereocenters. The van der Waals surface area contributed by atoms with Crippen LogP contribution in [0.25, 0.3) is 0 Å². The molecule has 0 radical (unpaired) electrons. The highest BCUT2D eigenvalue weighted by atomic mass is 79.9. The van der Waals surface area contributed by atoms with E-state index in [2.05, 4.69) is 31.9 Å². The van der Waals surface area contributed by atoms with Gasteiger partial charge < -0.3 is 4.74 Å². The van der Waals surface area contributed by atoms with Crippen molar-refractivity contribution in [3.05, 3.63) is 34.1 Å². The van der Waals surface area contributed by atoms with Gasteiger partial charge in [0.1, 0.15) is 5.82 Å². The number of benzene rings is 1. The van der Waals surface area contributed by atoms with Gasteiger partial charge in [-0.1, -0.05) is 31.9 Å². The summed E-state index contributed by atoms with van der Waals surface area (Å²) in [7, 11) is 0. The van der Waals surface area contributed by atoms with Gasteiger partial charge in [-0.3, -0.25) is 0 Å². The van der Waals surface area contributed by atoms with E-state index in [1.165, 1.54) is 6.07 Å². The lowest BCUT2D eigenvalue weighted by Crippen LogP contribution is -2.33. The van der Waals surface area contributed by atoms with Crippen LogP contribution in [-0.4, -0.2) is 18.5 Å². The molecule has 1 aliphatic heterocycles. The molecule has 1 fully saturated rings. The van der Waals surface area contributed by atoms with Gasteiger partial charge in [0, 0.05) is 23.0 Å². The summed E-state index contributed by atoms with van der Waals surface area (Å²) in [6.07, 6.45) is 2.95. The van der Waals surface area contributed by atoms with Gasteiger partial charge in [0.25, 0.3) is 0 Å². The van der Waals surface area contributed by atoms with Crippen LogP contribution in [0.4, 0.5) is 4.39 Å². The fourth-order valence-corrected chi connectivity index (χ4v) is 3.39. The van der Waals surface area contributed by atoms with Crippen molar-refractivity contribution in [1.82, 2.24) is 0 Å². The van der Waals surface area contributed by atoms with Crippen LogP contribution in [0.1, 0.15) is 18.4 Å². The molecule has 17 heavy (non-hydrogen) atoms. The van der Waals surface area contributed by atoms with Gasteiger partial charge in [-0.05, 0) is 48.4 Å². The maximum atomic E-state index is 13.3. The Morgan fingerprint density at radius 2 is 2.00 bits per heavy atom. The summed E-state index contributed by atoms with van der Waals surface area (Å²) in [5.74, 6) is -0.167. The van der Waals surface area contributed by atoms with Crippen LogP contribution in [0.5, 0.6) is 0 Å². The van der Waals surface area contributed by atoms with E-state index in [0.717, 1.165) is 47.8 Å². The molecule has 1 nitrogen and oxygen atoms in total. The van der Waals surface area contributed by atoms with Gasteiger partial charge in [-0.2, -0.15) is 0 Å². The fourth-order valence-electron chi connectivity index (χ4n) is 2.24. The summed E-state index contributed by atoms with van der Waals surface area (Å²) in [4.78, 5) is 0. The molecule has 4 heteroatoms. The van der Waals surface area contributed by atoms with Crippen LogP contribution < -0.4 is 0 Å². The molecular formula is C13H15Br2FO. The molecule has 0 spiro atoms. The number of halogens is 3. The van der Waals surface area contributed by atoms with Crippen LogP contribution >= 0.6 is 31.9 Å². The molecule has 94 valence electrons. The van der Waals surface area contributed by atoms with Gasteiger partial charge >= 0.3 is 0 Å². The molecule has 0 aliphatic carbocycles. The zero-order valence-corrected chi connectivity index (χ0v) is 12.7. The normalized spacial score (nSPS) is 19.2. The Bertz CT molecular complexity index is 389. The van der Waals surface area contributed by atoms with E-state index in [0.29, 0.717) is 0 Å². The second-order valence-electron chi connectivity index (χ2n) is 4.66. The number of hydrogen-bond acceptors (Lipinski definition) is 1. The second kappa shape index (κ2) is 5.81. The summed E-state index contributed by atoms with van der Waals surface area (Å²) >= 11 is 7.10. The number of alkyl halides is 1. The Kier molecular flexibility index (Phi) is 4.61. The Morgan fingerprint density at radius 3 is 2.65 bits per heavy atom. The topological polar surface area (TPSA) is 9.23 Å². The molecule has 1 aromatic carbocycles. The molecule has 0 unspecified atom stereocenters. The van der Waals surface area contributed by atoms with E-state index in [1.807, 2.05) is 0 Å². The molecule has 0 aromatic heterocycles. The highest BCUT2D eigenvalue weighted by molar-refractivity contribution is 9.10. The minimum atomic E-state index is -0.167. The van der Waals surface area contributed by atoms with E-state index >= 15 is 0 Å². The molecule has 1 heterocycles. The maximum absolute atomic E-state index is 13.3. The first-order valence-corrected chi connectivity index (χ1v) is 7.64. The van der Waals surface area contributed by atoms with E-state index < -0.39 is 0 Å². The van der Waals surface area contributed by atoms with Crippen LogP contribution in [-0.2, 0) is 11.2 Å². The molecule has 0 N–H and O–H groups in total. The Hall–Kier alpha value is 0.0700. The van der Waals surface area contributed by atoms with Gasteiger partial charge in [0.2, 0.25) is 0 Å². The zero-order chi connectivity index (χ0) is 12.3. The average Bonchev–Trinajstić information content (AvgIpc) is 2.35. The van der Waals surface area contributed by atoms with Crippen molar-refractivity contribution in [2.24, 2.45) is 5.41 Å². The summed E-state index contributed by atoms with van der Waals surface area (Å²) in [5.41, 5.74) is 1.25. The maximum Gasteiger partial charge on any atom is 0.123 e. The fraction of sp³-hybridized carbons (Fsp3) is 0.538. The van der Waals surface area contributed by atoms with Crippen LogP contribution in [0.15, 0.2) is 22.7 Å². The predicted octanol–water partition coefficient (Wildman–Crippen LogP) is 4.32. The van der Waals surface area contributed by atoms with Gasteiger partial charge in [0.15, 0.2) is 0 Å². The Labute approximate surface area is 118 Å². The van der Waals surface area contributed by atoms with Crippen molar-refractivity contribution in [3.8, 4) is 0 Å². The lowest BCUT2D eigenvalue weighted by molar-refractivity contribution is 0.0269. The van der Waals surface area contributed by atoms with Crippen LogP contribution in [0.2, 0.25) is 0 Å². The highest BCUT2D eigenvalue weighted by Gasteiger charge is 2.32. The predicted molar refractivity (Wildman–Crippen MR) is 74.1 cm³/mol. The van der Waals surface area contributed by atoms with Crippen molar-refractivity contribution in [3.63, 3.8) is 0 Å². The lowest BCUT2D eigenvalue weighted by Gasteiger charge is -2.36. The van der Waals surface area contributed by atoms with Crippen molar-refractivity contribution in [2.75, 3.05) is 18.5 Å². The molecule has 1 aliphatic rings. The summed E-state index contributed by atoms with van der Waals surface area (Å²) in [5, 5.41) is 0.937. The highest BCUT2D eigenvalue weighted by Crippen LogP contribution is 2.37. The summed E-state index contributed by atoms with van der Waals surface area (Å²) in [6.45, 7) is 1.61. The molecule has 1 saturated heterocycles. The van der Waals surface area contributed by atoms with Crippen LogP contribution in [0, 0.1) is 11.2 Å². The van der Waals surface area contributed by atoms with E-state index in [4.69, 9.17) is 4.74 Å². The van der Waals surface area contributed by atoms with E-state index in [9.17, 15) is 4.39 Å². The van der Waals surface area contributed by atoms with Crippen molar-refractivity contribution >= 4 is 31.9 Å². The summed E-state index contributed by atoms with van der Waals surface area (Å²) < 4.78 is 19.7. The molecule has 0 amide bonds. The number of ether oxygens (including phenoxy) is 1. The van der Waals surface area contributed by atoms with Gasteiger partial charge in [-0.25, -0.2) is 4.39 Å². The van der Waals surface area contributed by atoms with E-state index in [-0.39, 0.29) is 11.2 Å². The number of hydrogen-bond donors (Lipinski definition) is 0. The third kappa shape index (κ3) is 3.30. The third-order valence-corrected chi connectivity index (χ3v) is 5.37. The molecule has 0 bridgehead atoms. The monoisotopic (exact) mass is 364 g/mol. The molecular weight excluding hydrogens is 351 g/mol.